The predicted octanol–water partition coefficient (Wildman–Crippen LogP) is 4.63. The molecule has 2 atom stereocenters. The highest BCUT2D eigenvalue weighted by Gasteiger charge is 2.33. The Kier molecular flexibility index (Phi) is 7.40. The van der Waals surface area contributed by atoms with Crippen LogP contribution < -0.4 is 16.4 Å². The molecule has 0 aliphatic heterocycles. The molecule has 178 valence electrons. The molecule has 3 aromatic carbocycles. The summed E-state index contributed by atoms with van der Waals surface area (Å²) in [5.74, 6) is 5.48. The summed E-state index contributed by atoms with van der Waals surface area (Å²) in [5, 5.41) is 17.4. The molecule has 0 saturated heterocycles. The fourth-order valence-electron chi connectivity index (χ4n) is 4.06. The fourth-order valence-corrected chi connectivity index (χ4v) is 4.25. The summed E-state index contributed by atoms with van der Waals surface area (Å²) in [4.78, 5) is 25.1. The van der Waals surface area contributed by atoms with Gasteiger partial charge in [-0.1, -0.05) is 29.5 Å². The van der Waals surface area contributed by atoms with Gasteiger partial charge in [-0.25, -0.2) is 0 Å². The zero-order valence-corrected chi connectivity index (χ0v) is 19.8. The SMILES string of the molecule is Nc1ccc(C(=O)Nc2ccc(C(=O)N[C@@H]3CCC[C@](O)(C#Cc4cccc(Cl)c4)C3)cc2)cc1. The van der Waals surface area contributed by atoms with Crippen LogP contribution in [0, 0.1) is 11.8 Å². The topological polar surface area (TPSA) is 104 Å². The van der Waals surface area contributed by atoms with Gasteiger partial charge in [-0.3, -0.25) is 9.59 Å². The van der Waals surface area contributed by atoms with Gasteiger partial charge in [-0.05, 0) is 86.0 Å². The van der Waals surface area contributed by atoms with Crippen molar-refractivity contribution in [3.8, 4) is 11.8 Å². The van der Waals surface area contributed by atoms with Crippen molar-refractivity contribution in [2.45, 2.75) is 37.3 Å². The summed E-state index contributed by atoms with van der Waals surface area (Å²) in [5.41, 5.74) is 7.34. The molecule has 6 nitrogen and oxygen atoms in total. The third-order valence-corrected chi connectivity index (χ3v) is 6.14. The highest BCUT2D eigenvalue weighted by atomic mass is 35.5. The molecule has 1 fully saturated rings. The summed E-state index contributed by atoms with van der Waals surface area (Å²) in [6, 6.07) is 20.3. The second-order valence-corrected chi connectivity index (χ2v) is 9.15. The molecule has 5 N–H and O–H groups in total. The standard InChI is InChI=1S/C28H26ClN3O3/c29-22-4-1-3-19(17-22)14-16-28(35)15-2-5-25(18-28)32-27(34)21-8-12-24(13-9-21)31-26(33)20-6-10-23(30)11-7-20/h1,3-4,6-13,17,25,35H,2,5,15,18,30H2,(H,31,33)(H,32,34)/t25-,28+/m1/s1. The molecule has 7 heteroatoms. The van der Waals surface area contributed by atoms with E-state index in [4.69, 9.17) is 17.3 Å². The smallest absolute Gasteiger partial charge is 0.255 e. The van der Waals surface area contributed by atoms with Crippen molar-refractivity contribution in [2.24, 2.45) is 0 Å². The van der Waals surface area contributed by atoms with E-state index in [1.807, 2.05) is 12.1 Å². The number of halogens is 1. The lowest BCUT2D eigenvalue weighted by atomic mass is 9.82. The van der Waals surface area contributed by atoms with E-state index in [9.17, 15) is 14.7 Å². The maximum Gasteiger partial charge on any atom is 0.255 e. The molecule has 0 radical (unpaired) electrons. The molecule has 0 unspecified atom stereocenters. The third kappa shape index (κ3) is 6.63. The molecule has 1 saturated carbocycles. The molecule has 3 aromatic rings. The number of carbonyl (C=O) groups is 2. The second kappa shape index (κ2) is 10.6. The molecule has 0 aromatic heterocycles. The minimum atomic E-state index is -1.17. The Labute approximate surface area is 209 Å². The van der Waals surface area contributed by atoms with Gasteiger partial charge in [-0.15, -0.1) is 0 Å². The van der Waals surface area contributed by atoms with Crippen molar-refractivity contribution in [1.29, 1.82) is 0 Å². The molecule has 1 aliphatic carbocycles. The maximum atomic E-state index is 12.8. The Morgan fingerprint density at radius 1 is 1.00 bits per heavy atom. The number of hydrogen-bond acceptors (Lipinski definition) is 4. The van der Waals surface area contributed by atoms with Crippen LogP contribution in [0.1, 0.15) is 52.0 Å². The van der Waals surface area contributed by atoms with Crippen molar-refractivity contribution < 1.29 is 14.7 Å². The summed E-state index contributed by atoms with van der Waals surface area (Å²) < 4.78 is 0. The van der Waals surface area contributed by atoms with E-state index in [1.165, 1.54) is 0 Å². The Hall–Kier alpha value is -3.79. The second-order valence-electron chi connectivity index (χ2n) is 8.71. The van der Waals surface area contributed by atoms with Crippen LogP contribution in [0.4, 0.5) is 11.4 Å². The lowest BCUT2D eigenvalue weighted by molar-refractivity contribution is 0.0452. The Morgan fingerprint density at radius 2 is 1.69 bits per heavy atom. The molecule has 1 aliphatic rings. The molecular weight excluding hydrogens is 462 g/mol. The number of anilines is 2. The number of nitrogens with two attached hydrogens (primary N) is 1. The summed E-state index contributed by atoms with van der Waals surface area (Å²) in [7, 11) is 0. The summed E-state index contributed by atoms with van der Waals surface area (Å²) in [6.07, 6.45) is 2.42. The highest BCUT2D eigenvalue weighted by molar-refractivity contribution is 6.30. The number of benzene rings is 3. The molecule has 0 bridgehead atoms. The minimum absolute atomic E-state index is 0.195. The van der Waals surface area contributed by atoms with Gasteiger partial charge in [-0.2, -0.15) is 0 Å². The maximum absolute atomic E-state index is 12.8. The number of hydrogen-bond donors (Lipinski definition) is 4. The van der Waals surface area contributed by atoms with Gasteiger partial charge in [0.05, 0.1) is 0 Å². The van der Waals surface area contributed by atoms with Gasteiger partial charge in [0.15, 0.2) is 0 Å². The average Bonchev–Trinajstić information content (AvgIpc) is 2.84. The number of nitrogen functional groups attached to an aromatic ring is 1. The van der Waals surface area contributed by atoms with Crippen LogP contribution in [-0.2, 0) is 0 Å². The van der Waals surface area contributed by atoms with Crippen molar-refractivity contribution in [1.82, 2.24) is 5.32 Å². The van der Waals surface area contributed by atoms with Gasteiger partial charge < -0.3 is 21.5 Å². The molecule has 2 amide bonds. The summed E-state index contributed by atoms with van der Waals surface area (Å²) >= 11 is 6.00. The Bertz CT molecular complexity index is 1280. The first-order valence-electron chi connectivity index (χ1n) is 11.4. The molecular formula is C28H26ClN3O3. The fraction of sp³-hybridized carbons (Fsp3) is 0.214. The highest BCUT2D eigenvalue weighted by Crippen LogP contribution is 2.28. The largest absolute Gasteiger partial charge is 0.399 e. The molecule has 0 spiro atoms. The van der Waals surface area contributed by atoms with Crippen LogP contribution in [-0.4, -0.2) is 28.6 Å². The Morgan fingerprint density at radius 3 is 2.40 bits per heavy atom. The van der Waals surface area contributed by atoms with Gasteiger partial charge in [0.2, 0.25) is 0 Å². The van der Waals surface area contributed by atoms with Gasteiger partial charge >= 0.3 is 0 Å². The van der Waals surface area contributed by atoms with Gasteiger partial charge in [0.1, 0.15) is 5.60 Å². The van der Waals surface area contributed by atoms with Gasteiger partial charge in [0, 0.05) is 45.6 Å². The molecule has 0 heterocycles. The number of rotatable bonds is 4. The van der Waals surface area contributed by atoms with Crippen LogP contribution in [0.3, 0.4) is 0 Å². The normalized spacial score (nSPS) is 19.2. The zero-order valence-electron chi connectivity index (χ0n) is 19.1. The van der Waals surface area contributed by atoms with Crippen LogP contribution in [0.5, 0.6) is 0 Å². The van der Waals surface area contributed by atoms with Crippen LogP contribution in [0.25, 0.3) is 0 Å². The number of carbonyl (C=O) groups excluding carboxylic acids is 2. The van der Waals surface area contributed by atoms with E-state index in [0.29, 0.717) is 40.4 Å². The number of nitrogens with one attached hydrogen (secondary N) is 2. The van der Waals surface area contributed by atoms with E-state index in [1.54, 1.807) is 60.7 Å². The minimum Gasteiger partial charge on any atom is -0.399 e. The van der Waals surface area contributed by atoms with Crippen molar-refractivity contribution >= 4 is 34.8 Å². The quantitative estimate of drug-likeness (QED) is 0.318. The average molecular weight is 488 g/mol. The van der Waals surface area contributed by atoms with Crippen molar-refractivity contribution in [2.75, 3.05) is 11.1 Å². The first-order chi connectivity index (χ1) is 16.8. The molecule has 4 rings (SSSR count). The van der Waals surface area contributed by atoms with E-state index in [-0.39, 0.29) is 17.9 Å². The lowest BCUT2D eigenvalue weighted by Crippen LogP contribution is -2.45. The van der Waals surface area contributed by atoms with Crippen LogP contribution in [0.15, 0.2) is 72.8 Å². The van der Waals surface area contributed by atoms with Crippen molar-refractivity contribution in [3.63, 3.8) is 0 Å². The monoisotopic (exact) mass is 487 g/mol. The summed E-state index contributed by atoms with van der Waals surface area (Å²) in [6.45, 7) is 0. The Balaban J connectivity index is 1.35. The number of amides is 2. The predicted molar refractivity (Wildman–Crippen MR) is 138 cm³/mol. The van der Waals surface area contributed by atoms with Crippen molar-refractivity contribution in [3.05, 3.63) is 94.5 Å². The zero-order chi connectivity index (χ0) is 24.8. The van der Waals surface area contributed by atoms with E-state index in [0.717, 1.165) is 18.4 Å². The van der Waals surface area contributed by atoms with E-state index >= 15 is 0 Å². The van der Waals surface area contributed by atoms with Crippen LogP contribution >= 0.6 is 11.6 Å². The van der Waals surface area contributed by atoms with Crippen LogP contribution in [0.2, 0.25) is 5.02 Å². The van der Waals surface area contributed by atoms with E-state index < -0.39 is 5.60 Å². The molecule has 35 heavy (non-hydrogen) atoms. The van der Waals surface area contributed by atoms with Gasteiger partial charge in [0.25, 0.3) is 11.8 Å². The first kappa shape index (κ1) is 24.3. The number of aliphatic hydroxyl groups is 1. The lowest BCUT2D eigenvalue weighted by Gasteiger charge is -2.33. The van der Waals surface area contributed by atoms with E-state index in [2.05, 4.69) is 22.5 Å². The third-order valence-electron chi connectivity index (χ3n) is 5.90. The first-order valence-corrected chi connectivity index (χ1v) is 11.8.